The van der Waals surface area contributed by atoms with Crippen LogP contribution < -0.4 is 4.90 Å². The number of aromatic nitrogens is 1. The lowest BCUT2D eigenvalue weighted by atomic mass is 10.2. The number of fused-ring (bicyclic) bond motifs is 1. The zero-order valence-corrected chi connectivity index (χ0v) is 11.2. The summed E-state index contributed by atoms with van der Waals surface area (Å²) in [7, 11) is 0. The predicted octanol–water partition coefficient (Wildman–Crippen LogP) is 2.91. The highest BCUT2D eigenvalue weighted by Gasteiger charge is 2.16. The smallest absolute Gasteiger partial charge is 0.303 e. The molecule has 0 aliphatic carbocycles. The van der Waals surface area contributed by atoms with Crippen LogP contribution in [0.5, 0.6) is 0 Å². The highest BCUT2D eigenvalue weighted by molar-refractivity contribution is 5.88. The van der Waals surface area contributed by atoms with Crippen molar-refractivity contribution in [2.75, 3.05) is 11.4 Å². The van der Waals surface area contributed by atoms with Crippen molar-refractivity contribution in [3.63, 3.8) is 0 Å². The van der Waals surface area contributed by atoms with Crippen molar-refractivity contribution in [1.82, 2.24) is 4.98 Å². The van der Waals surface area contributed by atoms with E-state index in [1.165, 1.54) is 0 Å². The summed E-state index contributed by atoms with van der Waals surface area (Å²) in [5.41, 5.74) is 0.800. The van der Waals surface area contributed by atoms with E-state index in [9.17, 15) is 4.79 Å². The third-order valence-corrected chi connectivity index (χ3v) is 3.04. The van der Waals surface area contributed by atoms with Crippen molar-refractivity contribution in [2.24, 2.45) is 0 Å². The number of hydrogen-bond donors (Lipinski definition) is 1. The zero-order chi connectivity index (χ0) is 13.8. The molecule has 19 heavy (non-hydrogen) atoms. The Balaban J connectivity index is 2.23. The molecule has 102 valence electrons. The number of furan rings is 1. The number of carbonyl (C=O) groups is 1. The monoisotopic (exact) mass is 262 g/mol. The molecule has 5 heteroatoms. The third kappa shape index (κ3) is 3.05. The number of aliphatic carboxylic acids is 1. The van der Waals surface area contributed by atoms with Crippen LogP contribution >= 0.6 is 0 Å². The molecule has 5 nitrogen and oxygen atoms in total. The van der Waals surface area contributed by atoms with Crippen LogP contribution in [0, 0.1) is 0 Å². The lowest BCUT2D eigenvalue weighted by Gasteiger charge is -2.28. The van der Waals surface area contributed by atoms with E-state index in [1.54, 1.807) is 12.5 Å². The maximum Gasteiger partial charge on any atom is 0.303 e. The van der Waals surface area contributed by atoms with Crippen molar-refractivity contribution in [3.8, 4) is 0 Å². The number of hydrogen-bond acceptors (Lipinski definition) is 4. The van der Waals surface area contributed by atoms with Gasteiger partial charge in [-0.1, -0.05) is 0 Å². The Labute approximate surface area is 111 Å². The van der Waals surface area contributed by atoms with Gasteiger partial charge >= 0.3 is 5.97 Å². The average Bonchev–Trinajstić information content (AvgIpc) is 2.82. The second kappa shape index (κ2) is 5.73. The Morgan fingerprint density at radius 2 is 2.26 bits per heavy atom. The highest BCUT2D eigenvalue weighted by atomic mass is 16.4. The summed E-state index contributed by atoms with van der Waals surface area (Å²) in [6.07, 6.45) is 4.13. The quantitative estimate of drug-likeness (QED) is 0.867. The summed E-state index contributed by atoms with van der Waals surface area (Å²) in [5.74, 6) is 0.0878. The number of carboxylic acid groups (broad SMARTS) is 1. The first kappa shape index (κ1) is 13.4. The van der Waals surface area contributed by atoms with E-state index in [0.29, 0.717) is 13.0 Å². The van der Waals surface area contributed by atoms with Crippen molar-refractivity contribution < 1.29 is 14.3 Å². The first-order chi connectivity index (χ1) is 9.09. The van der Waals surface area contributed by atoms with Crippen molar-refractivity contribution in [3.05, 3.63) is 24.6 Å². The number of pyridine rings is 1. The molecule has 0 aliphatic rings. The topological polar surface area (TPSA) is 66.6 Å². The molecule has 2 aromatic heterocycles. The zero-order valence-electron chi connectivity index (χ0n) is 11.2. The molecule has 0 fully saturated rings. The van der Waals surface area contributed by atoms with Gasteiger partial charge in [0, 0.05) is 25.2 Å². The summed E-state index contributed by atoms with van der Waals surface area (Å²) in [5, 5.41) is 9.69. The largest absolute Gasteiger partial charge is 0.481 e. The summed E-state index contributed by atoms with van der Waals surface area (Å²) < 4.78 is 5.37. The number of carboxylic acids is 1. The Bertz CT molecular complexity index is 563. The molecule has 2 rings (SSSR count). The number of anilines is 1. The second-order valence-electron chi connectivity index (χ2n) is 4.75. The van der Waals surface area contributed by atoms with E-state index in [4.69, 9.17) is 9.52 Å². The number of nitrogens with zero attached hydrogens (tertiary/aromatic N) is 2. The Morgan fingerprint density at radius 3 is 2.95 bits per heavy atom. The molecule has 0 saturated carbocycles. The molecule has 0 saturated heterocycles. The van der Waals surface area contributed by atoms with Gasteiger partial charge in [0.05, 0.1) is 11.6 Å². The van der Waals surface area contributed by atoms with Crippen LogP contribution in [0.3, 0.4) is 0 Å². The molecule has 0 spiro atoms. The van der Waals surface area contributed by atoms with Crippen LogP contribution in [-0.2, 0) is 4.79 Å². The minimum Gasteiger partial charge on any atom is -0.481 e. The third-order valence-electron chi connectivity index (χ3n) is 3.04. The van der Waals surface area contributed by atoms with Gasteiger partial charge < -0.3 is 14.4 Å². The molecule has 0 radical (unpaired) electrons. The first-order valence-electron chi connectivity index (χ1n) is 6.40. The molecule has 0 bridgehead atoms. The van der Waals surface area contributed by atoms with E-state index < -0.39 is 5.97 Å². The molecule has 0 aromatic carbocycles. The van der Waals surface area contributed by atoms with Gasteiger partial charge in [-0.05, 0) is 32.4 Å². The molecular formula is C14H18N2O3. The first-order valence-corrected chi connectivity index (χ1v) is 6.40. The molecule has 0 atom stereocenters. The minimum atomic E-state index is -0.766. The summed E-state index contributed by atoms with van der Waals surface area (Å²) in [6, 6.07) is 3.97. The van der Waals surface area contributed by atoms with Gasteiger partial charge in [-0.3, -0.25) is 4.79 Å². The lowest BCUT2D eigenvalue weighted by molar-refractivity contribution is -0.137. The van der Waals surface area contributed by atoms with E-state index in [2.05, 4.69) is 23.7 Å². The van der Waals surface area contributed by atoms with Gasteiger partial charge in [-0.25, -0.2) is 4.98 Å². The van der Waals surface area contributed by atoms with Gasteiger partial charge in [0.15, 0.2) is 0 Å². The van der Waals surface area contributed by atoms with Gasteiger partial charge in [0.2, 0.25) is 0 Å². The fourth-order valence-electron chi connectivity index (χ4n) is 2.12. The van der Waals surface area contributed by atoms with Crippen LogP contribution in [-0.4, -0.2) is 28.6 Å². The SMILES string of the molecule is CC(C)N(CCCC(=O)O)c1nccc2occc12. The predicted molar refractivity (Wildman–Crippen MR) is 73.4 cm³/mol. The van der Waals surface area contributed by atoms with Crippen molar-refractivity contribution >= 4 is 22.8 Å². The summed E-state index contributed by atoms with van der Waals surface area (Å²) in [6.45, 7) is 4.81. The molecule has 2 heterocycles. The van der Waals surface area contributed by atoms with Crippen molar-refractivity contribution in [1.29, 1.82) is 0 Å². The van der Waals surface area contributed by atoms with E-state index in [0.717, 1.165) is 16.8 Å². The maximum absolute atomic E-state index is 10.6. The Morgan fingerprint density at radius 1 is 1.47 bits per heavy atom. The molecular weight excluding hydrogens is 244 g/mol. The minimum absolute atomic E-state index is 0.171. The van der Waals surface area contributed by atoms with E-state index in [1.807, 2.05) is 12.1 Å². The normalized spacial score (nSPS) is 11.1. The fourth-order valence-corrected chi connectivity index (χ4v) is 2.12. The summed E-state index contributed by atoms with van der Waals surface area (Å²) >= 11 is 0. The molecule has 0 amide bonds. The molecule has 2 aromatic rings. The van der Waals surface area contributed by atoms with Gasteiger partial charge in [0.1, 0.15) is 11.4 Å². The fraction of sp³-hybridized carbons (Fsp3) is 0.429. The summed E-state index contributed by atoms with van der Waals surface area (Å²) in [4.78, 5) is 17.1. The second-order valence-corrected chi connectivity index (χ2v) is 4.75. The highest BCUT2D eigenvalue weighted by Crippen LogP contribution is 2.26. The van der Waals surface area contributed by atoms with Gasteiger partial charge in [-0.2, -0.15) is 0 Å². The van der Waals surface area contributed by atoms with E-state index in [-0.39, 0.29) is 12.5 Å². The Kier molecular flexibility index (Phi) is 4.04. The van der Waals surface area contributed by atoms with E-state index >= 15 is 0 Å². The van der Waals surface area contributed by atoms with Crippen LogP contribution in [0.4, 0.5) is 5.82 Å². The van der Waals surface area contributed by atoms with Crippen molar-refractivity contribution in [2.45, 2.75) is 32.7 Å². The maximum atomic E-state index is 10.6. The number of rotatable bonds is 6. The van der Waals surface area contributed by atoms with Crippen LogP contribution in [0.15, 0.2) is 29.0 Å². The molecule has 0 aliphatic heterocycles. The molecule has 0 unspecified atom stereocenters. The molecule has 1 N–H and O–H groups in total. The average molecular weight is 262 g/mol. The van der Waals surface area contributed by atoms with Crippen LogP contribution in [0.25, 0.3) is 11.0 Å². The van der Waals surface area contributed by atoms with Gasteiger partial charge in [0.25, 0.3) is 0 Å². The van der Waals surface area contributed by atoms with Crippen LogP contribution in [0.1, 0.15) is 26.7 Å². The Hall–Kier alpha value is -2.04. The standard InChI is InChI=1S/C14H18N2O3/c1-10(2)16(8-3-4-13(17)18)14-11-6-9-19-12(11)5-7-15-14/h5-7,9-10H,3-4,8H2,1-2H3,(H,17,18). The van der Waals surface area contributed by atoms with Crippen LogP contribution in [0.2, 0.25) is 0 Å². The lowest BCUT2D eigenvalue weighted by Crippen LogP contribution is -2.32. The van der Waals surface area contributed by atoms with Gasteiger partial charge in [-0.15, -0.1) is 0 Å².